The lowest BCUT2D eigenvalue weighted by Crippen LogP contribution is -2.43. The number of ketones is 1. The van der Waals surface area contributed by atoms with Gasteiger partial charge in [0.25, 0.3) is 0 Å². The number of halogens is 2. The first kappa shape index (κ1) is 15.7. The van der Waals surface area contributed by atoms with Crippen molar-refractivity contribution in [3.63, 3.8) is 0 Å². The molecule has 1 saturated carbocycles. The van der Waals surface area contributed by atoms with Gasteiger partial charge in [-0.3, -0.25) is 4.79 Å². The Balaban J connectivity index is 1.77. The Kier molecular flexibility index (Phi) is 3.53. The standard InChI is InChI=1S/C20H15F2NO2/c1-20(9-8-17(20)24)18-14(21)5-3-7-16(18)25-13-10-12-4-2-6-15(22)19(12)23-11-13/h2-7,10-11H,8-9H2,1H3. The highest BCUT2D eigenvalue weighted by atomic mass is 19.1. The molecule has 1 aliphatic rings. The number of rotatable bonds is 3. The molecule has 5 heteroatoms. The van der Waals surface area contributed by atoms with Gasteiger partial charge in [-0.15, -0.1) is 0 Å². The first-order valence-electron chi connectivity index (χ1n) is 8.03. The van der Waals surface area contributed by atoms with Crippen molar-refractivity contribution in [2.75, 3.05) is 0 Å². The smallest absolute Gasteiger partial charge is 0.149 e. The van der Waals surface area contributed by atoms with E-state index in [9.17, 15) is 13.6 Å². The van der Waals surface area contributed by atoms with E-state index < -0.39 is 17.0 Å². The van der Waals surface area contributed by atoms with Gasteiger partial charge in [-0.1, -0.05) is 18.2 Å². The van der Waals surface area contributed by atoms with E-state index in [1.807, 2.05) is 0 Å². The fraction of sp³-hybridized carbons (Fsp3) is 0.200. The van der Waals surface area contributed by atoms with Crippen molar-refractivity contribution in [3.8, 4) is 11.5 Å². The van der Waals surface area contributed by atoms with Crippen LogP contribution in [-0.4, -0.2) is 10.8 Å². The van der Waals surface area contributed by atoms with E-state index in [0.717, 1.165) is 0 Å². The van der Waals surface area contributed by atoms with Crippen molar-refractivity contribution in [1.82, 2.24) is 4.98 Å². The molecule has 0 radical (unpaired) electrons. The van der Waals surface area contributed by atoms with E-state index in [2.05, 4.69) is 4.98 Å². The van der Waals surface area contributed by atoms with Crippen LogP contribution in [0.2, 0.25) is 0 Å². The molecule has 2 aromatic carbocycles. The van der Waals surface area contributed by atoms with Crippen LogP contribution in [0.1, 0.15) is 25.3 Å². The van der Waals surface area contributed by atoms with Gasteiger partial charge < -0.3 is 4.74 Å². The normalized spacial score (nSPS) is 19.7. The van der Waals surface area contributed by atoms with E-state index in [1.165, 1.54) is 24.4 Å². The molecule has 1 atom stereocenters. The van der Waals surface area contributed by atoms with Crippen molar-refractivity contribution in [2.45, 2.75) is 25.2 Å². The number of hydrogen-bond donors (Lipinski definition) is 0. The van der Waals surface area contributed by atoms with Crippen LogP contribution in [0.3, 0.4) is 0 Å². The Bertz CT molecular complexity index is 1000. The molecule has 1 aliphatic carbocycles. The number of ether oxygens (including phenoxy) is 1. The molecule has 0 bridgehead atoms. The summed E-state index contributed by atoms with van der Waals surface area (Å²) in [6.07, 6.45) is 2.43. The zero-order valence-electron chi connectivity index (χ0n) is 13.6. The second kappa shape index (κ2) is 5.62. The van der Waals surface area contributed by atoms with Crippen LogP contribution in [0.4, 0.5) is 8.78 Å². The summed E-state index contributed by atoms with van der Waals surface area (Å²) in [6.45, 7) is 1.73. The van der Waals surface area contributed by atoms with E-state index in [1.54, 1.807) is 31.2 Å². The summed E-state index contributed by atoms with van der Waals surface area (Å²) in [4.78, 5) is 16.1. The maximum Gasteiger partial charge on any atom is 0.149 e. The van der Waals surface area contributed by atoms with Crippen molar-refractivity contribution >= 4 is 16.7 Å². The Labute approximate surface area is 143 Å². The van der Waals surface area contributed by atoms with Gasteiger partial charge in [-0.25, -0.2) is 13.8 Å². The van der Waals surface area contributed by atoms with Gasteiger partial charge in [0, 0.05) is 17.4 Å². The number of nitrogens with zero attached hydrogens (tertiary/aromatic N) is 1. The zero-order chi connectivity index (χ0) is 17.6. The summed E-state index contributed by atoms with van der Waals surface area (Å²) in [5, 5.41) is 0.585. The fourth-order valence-electron chi connectivity index (χ4n) is 3.28. The number of pyridine rings is 1. The molecule has 1 fully saturated rings. The van der Waals surface area contributed by atoms with Crippen LogP contribution in [0, 0.1) is 11.6 Å². The minimum absolute atomic E-state index is 0.00107. The molecule has 3 nitrogen and oxygen atoms in total. The number of benzene rings is 2. The van der Waals surface area contributed by atoms with Gasteiger partial charge in [0.15, 0.2) is 0 Å². The predicted molar refractivity (Wildman–Crippen MR) is 89.8 cm³/mol. The quantitative estimate of drug-likeness (QED) is 0.679. The molecule has 0 spiro atoms. The van der Waals surface area contributed by atoms with Crippen LogP contribution in [0.25, 0.3) is 10.9 Å². The number of hydrogen-bond acceptors (Lipinski definition) is 3. The molecule has 0 aliphatic heterocycles. The number of fused-ring (bicyclic) bond motifs is 1. The van der Waals surface area contributed by atoms with Crippen molar-refractivity contribution in [2.24, 2.45) is 0 Å². The van der Waals surface area contributed by atoms with Crippen LogP contribution < -0.4 is 4.74 Å². The Morgan fingerprint density at radius 1 is 1.12 bits per heavy atom. The number of carbonyl (C=O) groups is 1. The molecule has 0 amide bonds. The number of Topliss-reactive ketones (excluding diaryl/α,β-unsaturated/α-hetero) is 1. The molecule has 1 unspecified atom stereocenters. The van der Waals surface area contributed by atoms with Crippen molar-refractivity contribution in [1.29, 1.82) is 0 Å². The van der Waals surface area contributed by atoms with Crippen molar-refractivity contribution < 1.29 is 18.3 Å². The van der Waals surface area contributed by atoms with E-state index in [0.29, 0.717) is 24.0 Å². The molecule has 126 valence electrons. The average Bonchev–Trinajstić information content (AvgIpc) is 2.60. The van der Waals surface area contributed by atoms with Crippen molar-refractivity contribution in [3.05, 3.63) is 65.9 Å². The van der Waals surface area contributed by atoms with Crippen LogP contribution >= 0.6 is 0 Å². The number of carbonyl (C=O) groups excluding carboxylic acids is 1. The Morgan fingerprint density at radius 2 is 1.88 bits per heavy atom. The summed E-state index contributed by atoms with van der Waals surface area (Å²) in [5.74, 6) is -0.231. The highest BCUT2D eigenvalue weighted by Crippen LogP contribution is 2.46. The van der Waals surface area contributed by atoms with Crippen LogP contribution in [-0.2, 0) is 10.2 Å². The second-order valence-corrected chi connectivity index (χ2v) is 6.45. The fourth-order valence-corrected chi connectivity index (χ4v) is 3.28. The third-order valence-corrected chi connectivity index (χ3v) is 4.86. The first-order valence-corrected chi connectivity index (χ1v) is 8.03. The third-order valence-electron chi connectivity index (χ3n) is 4.86. The molecule has 3 aromatic rings. The minimum Gasteiger partial charge on any atom is -0.455 e. The summed E-state index contributed by atoms with van der Waals surface area (Å²) >= 11 is 0. The molecule has 1 aromatic heterocycles. The van der Waals surface area contributed by atoms with Crippen LogP contribution in [0.15, 0.2) is 48.7 Å². The Hall–Kier alpha value is -2.82. The second-order valence-electron chi connectivity index (χ2n) is 6.45. The summed E-state index contributed by atoms with van der Waals surface area (Å²) in [6, 6.07) is 10.8. The molecule has 25 heavy (non-hydrogen) atoms. The summed E-state index contributed by atoms with van der Waals surface area (Å²) in [7, 11) is 0. The first-order chi connectivity index (χ1) is 12.0. The zero-order valence-corrected chi connectivity index (χ0v) is 13.6. The van der Waals surface area contributed by atoms with Gasteiger partial charge in [0.05, 0.1) is 11.6 Å². The number of para-hydroxylation sites is 1. The minimum atomic E-state index is -0.864. The lowest BCUT2D eigenvalue weighted by Gasteiger charge is -2.37. The Morgan fingerprint density at radius 3 is 2.60 bits per heavy atom. The molecule has 4 rings (SSSR count). The van der Waals surface area contributed by atoms with Gasteiger partial charge >= 0.3 is 0 Å². The SMILES string of the molecule is CC1(c2c(F)cccc2Oc2cnc3c(F)cccc3c2)CCC1=O. The average molecular weight is 339 g/mol. The van der Waals surface area contributed by atoms with Gasteiger partial charge in [-0.05, 0) is 37.6 Å². The maximum atomic E-state index is 14.5. The van der Waals surface area contributed by atoms with Gasteiger partial charge in [0.1, 0.15) is 34.4 Å². The maximum absolute atomic E-state index is 14.5. The lowest BCUT2D eigenvalue weighted by molar-refractivity contribution is -0.131. The highest BCUT2D eigenvalue weighted by Gasteiger charge is 2.46. The molecular weight excluding hydrogens is 324 g/mol. The highest BCUT2D eigenvalue weighted by molar-refractivity contribution is 5.96. The van der Waals surface area contributed by atoms with E-state index in [-0.39, 0.29) is 22.6 Å². The van der Waals surface area contributed by atoms with Gasteiger partial charge in [0.2, 0.25) is 0 Å². The molecule has 1 heterocycles. The monoisotopic (exact) mass is 339 g/mol. The third kappa shape index (κ3) is 2.47. The summed E-state index contributed by atoms with van der Waals surface area (Å²) in [5.41, 5.74) is -0.349. The summed E-state index contributed by atoms with van der Waals surface area (Å²) < 4.78 is 34.0. The van der Waals surface area contributed by atoms with Gasteiger partial charge in [-0.2, -0.15) is 0 Å². The molecule has 0 saturated heterocycles. The van der Waals surface area contributed by atoms with E-state index in [4.69, 9.17) is 4.74 Å². The predicted octanol–water partition coefficient (Wildman–Crippen LogP) is 4.93. The largest absolute Gasteiger partial charge is 0.455 e. The molecular formula is C20H15F2NO2. The molecule has 0 N–H and O–H groups in total. The number of aromatic nitrogens is 1. The topological polar surface area (TPSA) is 39.2 Å². The van der Waals surface area contributed by atoms with Crippen LogP contribution in [0.5, 0.6) is 11.5 Å². The van der Waals surface area contributed by atoms with E-state index >= 15 is 0 Å². The lowest BCUT2D eigenvalue weighted by atomic mass is 9.64.